The lowest BCUT2D eigenvalue weighted by Crippen LogP contribution is -2.49. The van der Waals surface area contributed by atoms with Gasteiger partial charge in [0.05, 0.1) is 5.00 Å². The van der Waals surface area contributed by atoms with Crippen molar-refractivity contribution in [3.63, 3.8) is 0 Å². The van der Waals surface area contributed by atoms with E-state index >= 15 is 0 Å². The van der Waals surface area contributed by atoms with Gasteiger partial charge in [-0.05, 0) is 35.9 Å². The summed E-state index contributed by atoms with van der Waals surface area (Å²) < 4.78 is 0. The number of nitrogens with one attached hydrogen (secondary N) is 1. The van der Waals surface area contributed by atoms with Crippen molar-refractivity contribution >= 4 is 16.3 Å². The van der Waals surface area contributed by atoms with Gasteiger partial charge < -0.3 is 10.2 Å². The molecule has 0 spiro atoms. The van der Waals surface area contributed by atoms with E-state index in [0.717, 1.165) is 0 Å². The predicted molar refractivity (Wildman–Crippen MR) is 78.6 cm³/mol. The minimum atomic E-state index is 0.505. The maximum absolute atomic E-state index is 3.50. The van der Waals surface area contributed by atoms with E-state index in [4.69, 9.17) is 0 Å². The summed E-state index contributed by atoms with van der Waals surface area (Å²) in [6, 6.07) is 4.39. The molecule has 0 bridgehead atoms. The molecule has 1 aromatic rings. The Kier molecular flexibility index (Phi) is 3.59. The lowest BCUT2D eigenvalue weighted by atomic mass is 9.89. The summed E-state index contributed by atoms with van der Waals surface area (Å²) in [5.41, 5.74) is 0.505. The average molecular weight is 265 g/mol. The minimum Gasteiger partial charge on any atom is -0.361 e. The van der Waals surface area contributed by atoms with Gasteiger partial charge in [-0.25, -0.2) is 0 Å². The number of hydrogen-bond acceptors (Lipinski definition) is 4. The van der Waals surface area contributed by atoms with E-state index in [2.05, 4.69) is 39.6 Å². The highest BCUT2D eigenvalue weighted by Gasteiger charge is 2.31. The number of piperazine rings is 1. The summed E-state index contributed by atoms with van der Waals surface area (Å²) in [4.78, 5) is 5.17. The van der Waals surface area contributed by atoms with Gasteiger partial charge in [0.15, 0.2) is 0 Å². The van der Waals surface area contributed by atoms with Crippen molar-refractivity contribution in [3.8, 4) is 0 Å². The zero-order valence-electron chi connectivity index (χ0n) is 11.2. The van der Waals surface area contributed by atoms with Crippen LogP contribution < -0.4 is 10.2 Å². The molecule has 2 aliphatic rings. The van der Waals surface area contributed by atoms with Crippen molar-refractivity contribution in [2.75, 3.05) is 50.7 Å². The highest BCUT2D eigenvalue weighted by atomic mass is 32.1. The Morgan fingerprint density at radius 3 is 2.78 bits per heavy atom. The normalized spacial score (nSPS) is 29.9. The molecule has 4 heteroatoms. The molecule has 0 aliphatic carbocycles. The summed E-state index contributed by atoms with van der Waals surface area (Å²) in [7, 11) is 0. The topological polar surface area (TPSA) is 18.5 Å². The second-order valence-electron chi connectivity index (χ2n) is 5.95. The highest BCUT2D eigenvalue weighted by molar-refractivity contribution is 7.14. The lowest BCUT2D eigenvalue weighted by Gasteiger charge is -2.39. The molecule has 3 heterocycles. The quantitative estimate of drug-likeness (QED) is 0.900. The molecule has 1 unspecified atom stereocenters. The van der Waals surface area contributed by atoms with Crippen molar-refractivity contribution in [1.82, 2.24) is 10.2 Å². The zero-order chi connectivity index (χ0) is 12.4. The monoisotopic (exact) mass is 265 g/mol. The maximum atomic E-state index is 3.50. The van der Waals surface area contributed by atoms with Gasteiger partial charge in [-0.2, -0.15) is 0 Å². The molecule has 2 saturated heterocycles. The smallest absolute Gasteiger partial charge is 0.0909 e. The lowest BCUT2D eigenvalue weighted by molar-refractivity contribution is 0.170. The average Bonchev–Trinajstić information content (AvgIpc) is 3.02. The number of rotatable bonds is 3. The van der Waals surface area contributed by atoms with E-state index in [9.17, 15) is 0 Å². The van der Waals surface area contributed by atoms with Gasteiger partial charge in [-0.3, -0.25) is 4.90 Å². The molecule has 1 aromatic heterocycles. The fraction of sp³-hybridized carbons (Fsp3) is 0.714. The Balaban J connectivity index is 1.51. The molecule has 2 fully saturated rings. The van der Waals surface area contributed by atoms with Crippen LogP contribution in [0.15, 0.2) is 17.5 Å². The standard InChI is InChI=1S/C14H23N3S/c1-14(4-5-15-11-14)12-16-6-8-17(9-7-16)13-3-2-10-18-13/h2-3,10,15H,4-9,11-12H2,1H3. The van der Waals surface area contributed by atoms with Crippen molar-refractivity contribution in [2.45, 2.75) is 13.3 Å². The molecule has 0 radical (unpaired) electrons. The van der Waals surface area contributed by atoms with E-state index in [1.54, 1.807) is 0 Å². The van der Waals surface area contributed by atoms with Crippen molar-refractivity contribution in [3.05, 3.63) is 17.5 Å². The van der Waals surface area contributed by atoms with Gasteiger partial charge in [-0.15, -0.1) is 11.3 Å². The van der Waals surface area contributed by atoms with E-state index in [1.165, 1.54) is 57.2 Å². The van der Waals surface area contributed by atoms with E-state index in [-0.39, 0.29) is 0 Å². The first kappa shape index (κ1) is 12.5. The molecule has 1 atom stereocenters. The summed E-state index contributed by atoms with van der Waals surface area (Å²) in [5, 5.41) is 7.11. The van der Waals surface area contributed by atoms with Crippen LogP contribution in [0.25, 0.3) is 0 Å². The van der Waals surface area contributed by atoms with E-state index in [1.807, 2.05) is 11.3 Å². The summed E-state index contributed by atoms with van der Waals surface area (Å²) >= 11 is 1.86. The largest absolute Gasteiger partial charge is 0.361 e. The van der Waals surface area contributed by atoms with Crippen LogP contribution in [0.1, 0.15) is 13.3 Å². The third-order valence-corrected chi connectivity index (χ3v) is 5.18. The van der Waals surface area contributed by atoms with Gasteiger partial charge in [0.25, 0.3) is 0 Å². The highest BCUT2D eigenvalue weighted by Crippen LogP contribution is 2.27. The summed E-state index contributed by atoms with van der Waals surface area (Å²) in [5.74, 6) is 0. The molecule has 0 amide bonds. The SMILES string of the molecule is CC1(CN2CCN(c3cccs3)CC2)CCNC1. The first-order valence-electron chi connectivity index (χ1n) is 6.97. The van der Waals surface area contributed by atoms with E-state index in [0.29, 0.717) is 5.41 Å². The first-order valence-corrected chi connectivity index (χ1v) is 7.85. The zero-order valence-corrected chi connectivity index (χ0v) is 12.0. The molecule has 0 saturated carbocycles. The first-order chi connectivity index (χ1) is 8.75. The predicted octanol–water partition coefficient (Wildman–Crippen LogP) is 1.87. The number of nitrogens with zero attached hydrogens (tertiary/aromatic N) is 2. The van der Waals surface area contributed by atoms with Crippen LogP contribution in [-0.2, 0) is 0 Å². The fourth-order valence-electron chi connectivity index (χ4n) is 3.12. The van der Waals surface area contributed by atoms with Crippen LogP contribution in [0.3, 0.4) is 0 Å². The van der Waals surface area contributed by atoms with Crippen LogP contribution in [-0.4, -0.2) is 50.7 Å². The number of thiophene rings is 1. The Morgan fingerprint density at radius 1 is 1.33 bits per heavy atom. The molecular weight excluding hydrogens is 242 g/mol. The second kappa shape index (κ2) is 5.19. The van der Waals surface area contributed by atoms with Gasteiger partial charge in [-0.1, -0.05) is 6.92 Å². The second-order valence-corrected chi connectivity index (χ2v) is 6.88. The van der Waals surface area contributed by atoms with Crippen LogP contribution in [0, 0.1) is 5.41 Å². The van der Waals surface area contributed by atoms with Crippen LogP contribution in [0.5, 0.6) is 0 Å². The Labute approximate surface area is 114 Å². The number of anilines is 1. The molecular formula is C14H23N3S. The Bertz CT molecular complexity index is 362. The summed E-state index contributed by atoms with van der Waals surface area (Å²) in [6.45, 7) is 10.9. The Hall–Kier alpha value is -0.580. The number of hydrogen-bond donors (Lipinski definition) is 1. The van der Waals surface area contributed by atoms with Crippen LogP contribution in [0.4, 0.5) is 5.00 Å². The van der Waals surface area contributed by atoms with E-state index < -0.39 is 0 Å². The minimum absolute atomic E-state index is 0.505. The summed E-state index contributed by atoms with van der Waals surface area (Å²) in [6.07, 6.45) is 1.33. The molecule has 18 heavy (non-hydrogen) atoms. The van der Waals surface area contributed by atoms with Crippen LogP contribution in [0.2, 0.25) is 0 Å². The van der Waals surface area contributed by atoms with Crippen LogP contribution >= 0.6 is 11.3 Å². The third kappa shape index (κ3) is 2.71. The molecule has 3 rings (SSSR count). The maximum Gasteiger partial charge on any atom is 0.0909 e. The van der Waals surface area contributed by atoms with Crippen molar-refractivity contribution in [2.24, 2.45) is 5.41 Å². The molecule has 1 N–H and O–H groups in total. The molecule has 2 aliphatic heterocycles. The van der Waals surface area contributed by atoms with Crippen molar-refractivity contribution < 1.29 is 0 Å². The molecule has 0 aromatic carbocycles. The molecule has 3 nitrogen and oxygen atoms in total. The van der Waals surface area contributed by atoms with Gasteiger partial charge in [0, 0.05) is 39.3 Å². The van der Waals surface area contributed by atoms with Gasteiger partial charge >= 0.3 is 0 Å². The third-order valence-electron chi connectivity index (χ3n) is 4.25. The Morgan fingerprint density at radius 2 is 2.17 bits per heavy atom. The molecule has 100 valence electrons. The van der Waals surface area contributed by atoms with Crippen molar-refractivity contribution in [1.29, 1.82) is 0 Å². The van der Waals surface area contributed by atoms with Gasteiger partial charge in [0.1, 0.15) is 0 Å². The van der Waals surface area contributed by atoms with Gasteiger partial charge in [0.2, 0.25) is 0 Å². The fourth-order valence-corrected chi connectivity index (χ4v) is 3.91.